The molecule has 5 heteroatoms. The monoisotopic (exact) mass is 199 g/mol. The van der Waals surface area contributed by atoms with Crippen LogP contribution in [0.15, 0.2) is 23.1 Å². The molecule has 0 spiro atoms. The molecule has 0 unspecified atom stereocenters. The normalized spacial score (nSPS) is 10.8. The van der Waals surface area contributed by atoms with Crippen LogP contribution in [0.1, 0.15) is 11.1 Å². The van der Waals surface area contributed by atoms with E-state index >= 15 is 0 Å². The van der Waals surface area contributed by atoms with E-state index in [-0.39, 0.29) is 5.56 Å². The Bertz CT molecular complexity index is 473. The van der Waals surface area contributed by atoms with E-state index in [9.17, 15) is 12.3 Å². The van der Waals surface area contributed by atoms with E-state index in [0.717, 1.165) is 12.1 Å². The first kappa shape index (κ1) is 9.68. The van der Waals surface area contributed by atoms with Crippen molar-refractivity contribution in [3.63, 3.8) is 0 Å². The second-order valence-electron chi connectivity index (χ2n) is 2.53. The van der Waals surface area contributed by atoms with Crippen LogP contribution in [-0.2, 0) is 10.2 Å². The number of hydrogen-bond acceptors (Lipinski definition) is 3. The molecule has 0 bridgehead atoms. The van der Waals surface area contributed by atoms with Crippen LogP contribution in [-0.4, -0.2) is 8.42 Å². The van der Waals surface area contributed by atoms with Crippen LogP contribution in [0.2, 0.25) is 0 Å². The van der Waals surface area contributed by atoms with Crippen molar-refractivity contribution in [3.05, 3.63) is 29.3 Å². The molecule has 0 aromatic heterocycles. The maximum atomic E-state index is 12.4. The molecule has 0 radical (unpaired) electrons. The Morgan fingerprint density at radius 2 is 2.08 bits per heavy atom. The molecule has 13 heavy (non-hydrogen) atoms. The molecule has 68 valence electrons. The topological polar surface area (TPSA) is 57.9 Å². The summed E-state index contributed by atoms with van der Waals surface area (Å²) < 4.78 is 33.3. The summed E-state index contributed by atoms with van der Waals surface area (Å²) >= 11 is 0. The van der Waals surface area contributed by atoms with Crippen LogP contribution < -0.4 is 0 Å². The van der Waals surface area contributed by atoms with Crippen molar-refractivity contribution in [2.75, 3.05) is 0 Å². The van der Waals surface area contributed by atoms with Gasteiger partial charge >= 0.3 is 10.2 Å². The number of halogens is 1. The van der Waals surface area contributed by atoms with Crippen LogP contribution in [0.3, 0.4) is 0 Å². The SMILES string of the molecule is Cc1ccc(S(=O)(=O)F)cc1C#N. The lowest BCUT2D eigenvalue weighted by Crippen LogP contribution is -1.93. The van der Waals surface area contributed by atoms with Gasteiger partial charge in [-0.15, -0.1) is 3.89 Å². The molecule has 0 fully saturated rings. The number of benzene rings is 1. The van der Waals surface area contributed by atoms with E-state index in [1.54, 1.807) is 13.0 Å². The summed E-state index contributed by atoms with van der Waals surface area (Å²) in [6.45, 7) is 1.65. The first-order valence-electron chi connectivity index (χ1n) is 3.40. The van der Waals surface area contributed by atoms with E-state index < -0.39 is 15.1 Å². The zero-order valence-corrected chi connectivity index (χ0v) is 7.60. The van der Waals surface area contributed by atoms with Crippen LogP contribution in [0.25, 0.3) is 0 Å². The second kappa shape index (κ2) is 3.15. The van der Waals surface area contributed by atoms with Gasteiger partial charge in [-0.25, -0.2) is 0 Å². The number of hydrogen-bond donors (Lipinski definition) is 0. The fraction of sp³-hybridized carbons (Fsp3) is 0.125. The Labute approximate surface area is 75.6 Å². The molecule has 0 amide bonds. The number of nitriles is 1. The van der Waals surface area contributed by atoms with E-state index in [4.69, 9.17) is 5.26 Å². The average Bonchev–Trinajstić information content (AvgIpc) is 2.03. The summed E-state index contributed by atoms with van der Waals surface area (Å²) in [5.41, 5.74) is 0.786. The van der Waals surface area contributed by atoms with Crippen molar-refractivity contribution in [2.24, 2.45) is 0 Å². The predicted octanol–water partition coefficient (Wildman–Crippen LogP) is 1.52. The lowest BCUT2D eigenvalue weighted by molar-refractivity contribution is 0.552. The minimum absolute atomic E-state index is 0.165. The highest BCUT2D eigenvalue weighted by atomic mass is 32.3. The fourth-order valence-electron chi connectivity index (χ4n) is 0.873. The van der Waals surface area contributed by atoms with Gasteiger partial charge in [0.15, 0.2) is 0 Å². The molecule has 0 aliphatic heterocycles. The molecule has 0 saturated heterocycles. The number of nitrogens with zero attached hydrogens (tertiary/aromatic N) is 1. The van der Waals surface area contributed by atoms with E-state index in [1.807, 2.05) is 0 Å². The largest absolute Gasteiger partial charge is 0.332 e. The van der Waals surface area contributed by atoms with Gasteiger partial charge in [0.2, 0.25) is 0 Å². The van der Waals surface area contributed by atoms with Crippen LogP contribution in [0, 0.1) is 18.3 Å². The summed E-state index contributed by atoms with van der Waals surface area (Å²) in [4.78, 5) is -0.477. The van der Waals surface area contributed by atoms with Gasteiger partial charge < -0.3 is 0 Å². The standard InChI is InChI=1S/C8H6FNO2S/c1-6-2-3-8(13(9,11)12)4-7(6)5-10/h2-4H,1H3. The summed E-state index contributed by atoms with van der Waals surface area (Å²) in [5.74, 6) is 0. The van der Waals surface area contributed by atoms with Crippen molar-refractivity contribution in [1.29, 1.82) is 5.26 Å². The predicted molar refractivity (Wildman–Crippen MR) is 44.2 cm³/mol. The minimum atomic E-state index is -4.70. The third-order valence-corrected chi connectivity index (χ3v) is 2.43. The summed E-state index contributed by atoms with van der Waals surface area (Å²) in [6, 6.07) is 5.32. The van der Waals surface area contributed by atoms with Crippen molar-refractivity contribution in [2.45, 2.75) is 11.8 Å². The summed E-state index contributed by atoms with van der Waals surface area (Å²) in [7, 11) is -4.70. The smallest absolute Gasteiger partial charge is 0.192 e. The average molecular weight is 199 g/mol. The molecule has 0 heterocycles. The van der Waals surface area contributed by atoms with Crippen molar-refractivity contribution in [3.8, 4) is 6.07 Å². The lowest BCUT2D eigenvalue weighted by atomic mass is 10.1. The van der Waals surface area contributed by atoms with E-state index in [1.165, 1.54) is 6.07 Å². The molecule has 1 aromatic rings. The zero-order chi connectivity index (χ0) is 10.1. The van der Waals surface area contributed by atoms with E-state index in [2.05, 4.69) is 0 Å². The van der Waals surface area contributed by atoms with Gasteiger partial charge in [0.1, 0.15) is 0 Å². The van der Waals surface area contributed by atoms with Gasteiger partial charge in [0, 0.05) is 0 Å². The highest BCUT2D eigenvalue weighted by molar-refractivity contribution is 7.86. The highest BCUT2D eigenvalue weighted by Gasteiger charge is 2.12. The third-order valence-electron chi connectivity index (χ3n) is 1.61. The maximum absolute atomic E-state index is 12.4. The molecule has 3 nitrogen and oxygen atoms in total. The molecule has 1 aromatic carbocycles. The highest BCUT2D eigenvalue weighted by Crippen LogP contribution is 2.16. The van der Waals surface area contributed by atoms with Gasteiger partial charge in [-0.05, 0) is 24.6 Å². The van der Waals surface area contributed by atoms with Crippen molar-refractivity contribution in [1.82, 2.24) is 0 Å². The second-order valence-corrected chi connectivity index (χ2v) is 3.87. The fourth-order valence-corrected chi connectivity index (χ4v) is 1.36. The Hall–Kier alpha value is -1.41. The lowest BCUT2D eigenvalue weighted by Gasteiger charge is -1.98. The van der Waals surface area contributed by atoms with Crippen molar-refractivity contribution < 1.29 is 12.3 Å². The van der Waals surface area contributed by atoms with Gasteiger partial charge in [-0.1, -0.05) is 6.07 Å². The van der Waals surface area contributed by atoms with Crippen LogP contribution >= 0.6 is 0 Å². The Morgan fingerprint density at radius 1 is 1.46 bits per heavy atom. The molecule has 0 aliphatic rings. The quantitative estimate of drug-likeness (QED) is 0.644. The Kier molecular flexibility index (Phi) is 2.34. The van der Waals surface area contributed by atoms with Crippen LogP contribution in [0.4, 0.5) is 3.89 Å². The van der Waals surface area contributed by atoms with Gasteiger partial charge in [-0.2, -0.15) is 13.7 Å². The minimum Gasteiger partial charge on any atom is -0.192 e. The zero-order valence-electron chi connectivity index (χ0n) is 6.78. The number of aryl methyl sites for hydroxylation is 1. The van der Waals surface area contributed by atoms with Crippen molar-refractivity contribution >= 4 is 10.2 Å². The molecular formula is C8H6FNO2S. The van der Waals surface area contributed by atoms with Gasteiger partial charge in [-0.3, -0.25) is 0 Å². The Balaban J connectivity index is 3.41. The van der Waals surface area contributed by atoms with Gasteiger partial charge in [0.25, 0.3) is 0 Å². The molecular weight excluding hydrogens is 193 g/mol. The molecule has 0 atom stereocenters. The number of rotatable bonds is 1. The molecule has 0 N–H and O–H groups in total. The Morgan fingerprint density at radius 3 is 2.54 bits per heavy atom. The molecule has 0 saturated carbocycles. The maximum Gasteiger partial charge on any atom is 0.332 e. The summed E-state index contributed by atoms with van der Waals surface area (Å²) in [6.07, 6.45) is 0. The third kappa shape index (κ3) is 2.04. The molecule has 0 aliphatic carbocycles. The van der Waals surface area contributed by atoms with Crippen LogP contribution in [0.5, 0.6) is 0 Å². The molecule has 1 rings (SSSR count). The summed E-state index contributed by atoms with van der Waals surface area (Å²) in [5, 5.41) is 8.54. The van der Waals surface area contributed by atoms with Gasteiger partial charge in [0.05, 0.1) is 16.5 Å². The first-order valence-corrected chi connectivity index (χ1v) is 4.79. The van der Waals surface area contributed by atoms with E-state index in [0.29, 0.717) is 5.56 Å². The first-order chi connectivity index (χ1) is 5.95.